The Bertz CT molecular complexity index is 4230. The number of benzene rings is 5. The van der Waals surface area contributed by atoms with Crippen molar-refractivity contribution in [1.82, 2.24) is 29.9 Å². The molecule has 36 nitrogen and oxygen atoms in total. The summed E-state index contributed by atoms with van der Waals surface area (Å²) in [6, 6.07) is 18.3. The van der Waals surface area contributed by atoms with Crippen molar-refractivity contribution in [1.29, 1.82) is 0 Å². The van der Waals surface area contributed by atoms with Crippen molar-refractivity contribution in [3.05, 3.63) is 95.5 Å². The Morgan fingerprint density at radius 3 is 1.65 bits per heavy atom. The number of ether oxygens (including phenoxy) is 1. The van der Waals surface area contributed by atoms with E-state index in [1.165, 1.54) is 60.7 Å². The third kappa shape index (κ3) is 21.2. The largest absolute Gasteiger partial charge is 0.505 e. The van der Waals surface area contributed by atoms with Crippen LogP contribution in [-0.4, -0.2) is 143 Å². The van der Waals surface area contributed by atoms with Gasteiger partial charge in [0.1, 0.15) is 31.7 Å². The van der Waals surface area contributed by atoms with E-state index in [9.17, 15) is 44.0 Å². The summed E-state index contributed by atoms with van der Waals surface area (Å²) in [4.78, 5) is 22.5. The average molecular weight is 1300 g/mol. The number of anilines is 8. The number of nitrogen functional groups attached to an aromatic ring is 1. The van der Waals surface area contributed by atoms with E-state index in [-0.39, 0.29) is 111 Å². The van der Waals surface area contributed by atoms with Crippen molar-refractivity contribution >= 4 is 165 Å². The van der Waals surface area contributed by atoms with Crippen LogP contribution >= 0.6 is 23.2 Å². The fourth-order valence-electron chi connectivity index (χ4n) is 6.11. The minimum Gasteiger partial charge on any atom is -0.505 e. The maximum atomic E-state index is 12.5. The quantitative estimate of drug-likeness (QED) is 0.0236. The van der Waals surface area contributed by atoms with Crippen molar-refractivity contribution in [3.63, 3.8) is 0 Å². The lowest BCUT2D eigenvalue weighted by Gasteiger charge is -2.13. The maximum absolute atomic E-state index is 12.5. The Morgan fingerprint density at radius 2 is 1.07 bits per heavy atom. The number of aliphatic hydroxyl groups is 1. The molecule has 436 valence electrons. The normalized spacial score (nSPS) is 11.3. The fraction of sp³-hybridized carbons (Fsp3) is 0.105. The molecule has 0 aliphatic heterocycles. The number of aromatic nitrogens is 6. The fourth-order valence-corrected chi connectivity index (χ4v) is 8.34. The number of hydrogen-bond donors (Lipinski definition) is 10. The van der Waals surface area contributed by atoms with E-state index in [0.29, 0.717) is 0 Å². The van der Waals surface area contributed by atoms with Gasteiger partial charge in [0, 0.05) is 17.9 Å². The first kappa shape index (κ1) is 66.0. The molecule has 0 atom stereocenters. The lowest BCUT2D eigenvalue weighted by Crippen LogP contribution is -2.14. The molecular weight excluding hydrogens is 1270 g/mol. The molecule has 5 aromatic carbocycles. The Morgan fingerprint density at radius 1 is 0.549 bits per heavy atom. The van der Waals surface area contributed by atoms with Gasteiger partial charge in [-0.1, -0.05) is 24.3 Å². The first-order valence-electron chi connectivity index (χ1n) is 20.9. The lowest BCUT2D eigenvalue weighted by molar-refractivity contribution is 0.0991. The molecule has 7 rings (SSSR count). The van der Waals surface area contributed by atoms with Gasteiger partial charge in [0.25, 0.3) is 30.4 Å². The van der Waals surface area contributed by atoms with Crippen LogP contribution in [0.3, 0.4) is 0 Å². The summed E-state index contributed by atoms with van der Waals surface area (Å²) in [5, 5.41) is 46.7. The van der Waals surface area contributed by atoms with Crippen molar-refractivity contribution in [2.24, 2.45) is 20.5 Å². The molecular formula is C38H33Cl2N15O21S6. The molecule has 0 fully saturated rings. The van der Waals surface area contributed by atoms with E-state index >= 15 is 0 Å². The number of azo groups is 2. The van der Waals surface area contributed by atoms with Crippen LogP contribution in [0, 0.1) is 0 Å². The standard InChI is InChI=1S/C38H33Cl2N15O12S3.3O3S/c39-33-46-35(42-12-14-67-15-13-56)50-38(49-33)45-25-18-21(9-11-27(25)69(61,62)63)44-37-48-34(40)47-36(51-37)43-20-4-3-5-22(17-20)52-55-31-28(70(64,65)66)16-19-8-10-24(30(41)29(19)32(31)57)54-53-23-6-1-2-7-26(23)68(58,59)60;3*1-4(2)3/h1-11,16-18,56-57H,12-15,41H2,(H,58,59,60)(H,61,62,63)(H,64,65,66)(H2,42,45,46,49,50)(H2,43,44,47,48,51);;;. The molecule has 44 heteroatoms. The molecule has 0 radical (unpaired) electrons. The van der Waals surface area contributed by atoms with E-state index in [2.05, 4.69) is 71.6 Å². The van der Waals surface area contributed by atoms with Crippen molar-refractivity contribution in [2.45, 2.75) is 14.7 Å². The van der Waals surface area contributed by atoms with E-state index in [4.69, 9.17) is 76.7 Å². The maximum Gasteiger partial charge on any atom is 0.425 e. The Kier molecular flexibility index (Phi) is 24.0. The smallest absolute Gasteiger partial charge is 0.425 e. The predicted molar refractivity (Wildman–Crippen MR) is 282 cm³/mol. The van der Waals surface area contributed by atoms with Gasteiger partial charge in [-0.15, -0.1) is 53.2 Å². The number of nitrogens with two attached hydrogens (primary N) is 1. The van der Waals surface area contributed by atoms with Gasteiger partial charge in [0.2, 0.25) is 34.4 Å². The molecule has 0 aliphatic carbocycles. The molecule has 2 aromatic heterocycles. The average Bonchev–Trinajstić information content (AvgIpc) is 2.57. The highest BCUT2D eigenvalue weighted by atomic mass is 35.5. The molecule has 0 aliphatic rings. The van der Waals surface area contributed by atoms with E-state index in [0.717, 1.165) is 18.2 Å². The Hall–Kier alpha value is -8.53. The summed E-state index contributed by atoms with van der Waals surface area (Å²) in [5.41, 5.74) is 5.29. The highest BCUT2D eigenvalue weighted by molar-refractivity contribution is 7.86. The van der Waals surface area contributed by atoms with Gasteiger partial charge in [0.05, 0.1) is 42.3 Å². The molecule has 7 aromatic rings. The molecule has 0 amide bonds. The van der Waals surface area contributed by atoms with Gasteiger partial charge in [-0.2, -0.15) is 60.3 Å². The highest BCUT2D eigenvalue weighted by Gasteiger charge is 2.25. The zero-order valence-electron chi connectivity index (χ0n) is 39.9. The summed E-state index contributed by atoms with van der Waals surface area (Å²) in [5.74, 6) is -1.33. The van der Waals surface area contributed by atoms with Crippen LogP contribution in [0.1, 0.15) is 0 Å². The second-order valence-electron chi connectivity index (χ2n) is 14.5. The third-order valence-electron chi connectivity index (χ3n) is 9.03. The number of halogens is 2. The van der Waals surface area contributed by atoms with Crippen LogP contribution < -0.4 is 27.0 Å². The summed E-state index contributed by atoms with van der Waals surface area (Å²) < 4.78 is 184. The third-order valence-corrected chi connectivity index (χ3v) is 12.0. The molecule has 11 N–H and O–H groups in total. The highest BCUT2D eigenvalue weighted by Crippen LogP contribution is 2.46. The van der Waals surface area contributed by atoms with E-state index in [1.807, 2.05) is 0 Å². The number of hydrogen-bond acceptors (Lipinski definition) is 33. The van der Waals surface area contributed by atoms with Crippen molar-refractivity contribution in [3.8, 4) is 5.75 Å². The minimum atomic E-state index is -5.05. The van der Waals surface area contributed by atoms with Crippen LogP contribution in [-0.2, 0) is 66.9 Å². The predicted octanol–water partition coefficient (Wildman–Crippen LogP) is 4.01. The topological polar surface area (TPSA) is 567 Å². The minimum absolute atomic E-state index is 0.00338. The molecule has 2 heterocycles. The van der Waals surface area contributed by atoms with Crippen molar-refractivity contribution in [2.75, 3.05) is 53.4 Å². The molecule has 82 heavy (non-hydrogen) atoms. The summed E-state index contributed by atoms with van der Waals surface area (Å²) in [6.07, 6.45) is 0. The zero-order chi connectivity index (χ0) is 61.1. The van der Waals surface area contributed by atoms with Crippen molar-refractivity contribution < 1.29 is 91.7 Å². The summed E-state index contributed by atoms with van der Waals surface area (Å²) in [6.45, 7) is 0.355. The monoisotopic (exact) mass is 1300 g/mol. The lowest BCUT2D eigenvalue weighted by atomic mass is 10.1. The number of rotatable bonds is 19. The van der Waals surface area contributed by atoms with E-state index < -0.39 is 88.3 Å². The zero-order valence-corrected chi connectivity index (χ0v) is 46.3. The number of nitrogens with zero attached hydrogens (tertiary/aromatic N) is 10. The molecule has 0 saturated carbocycles. The second-order valence-corrected chi connectivity index (χ2v) is 20.5. The number of phenols is 1. The number of phenolic OH excluding ortho intramolecular Hbond substituents is 1. The Labute approximate surface area is 474 Å². The van der Waals surface area contributed by atoms with Gasteiger partial charge in [-0.3, -0.25) is 13.7 Å². The van der Waals surface area contributed by atoms with Crippen LogP contribution in [0.5, 0.6) is 5.75 Å². The van der Waals surface area contributed by atoms with Gasteiger partial charge < -0.3 is 42.0 Å². The van der Waals surface area contributed by atoms with Crippen LogP contribution in [0.25, 0.3) is 10.8 Å². The van der Waals surface area contributed by atoms with E-state index in [1.54, 1.807) is 6.07 Å². The number of aromatic hydroxyl groups is 1. The first-order chi connectivity index (χ1) is 38.4. The van der Waals surface area contributed by atoms with Gasteiger partial charge in [-0.05, 0) is 89.3 Å². The van der Waals surface area contributed by atoms with Crippen LogP contribution in [0.4, 0.5) is 69.3 Å². The first-order valence-corrected chi connectivity index (χ1v) is 29.0. The summed E-state index contributed by atoms with van der Waals surface area (Å²) in [7, 11) is -23.9. The van der Waals surface area contributed by atoms with Crippen LogP contribution in [0.2, 0.25) is 10.6 Å². The summed E-state index contributed by atoms with van der Waals surface area (Å²) >= 11 is 12.3. The number of nitrogens with one attached hydrogen (secondary N) is 4. The van der Waals surface area contributed by atoms with Gasteiger partial charge in [-0.25, -0.2) is 0 Å². The van der Waals surface area contributed by atoms with Gasteiger partial charge >= 0.3 is 31.8 Å². The second kappa shape index (κ2) is 29.8. The number of fused-ring (bicyclic) bond motifs is 1. The SMILES string of the molecule is Nc1c(N=Nc2ccccc2S(=O)(=O)O)ccc2cc(S(=O)(=O)O)c(N=Nc3cccc(Nc4nc(Cl)nc(Nc5ccc(S(=O)(=O)O)c(Nc6nc(Cl)nc(NCCOCCO)n6)c5)n4)c3)c(O)c12.O=S(=O)=O.O=S(=O)=O.O=S(=O)=O. The molecule has 0 saturated heterocycles. The number of aliphatic hydroxyl groups excluding tert-OH is 1. The molecule has 0 spiro atoms. The van der Waals surface area contributed by atoms with Gasteiger partial charge in [0.15, 0.2) is 5.75 Å². The molecule has 0 bridgehead atoms. The van der Waals surface area contributed by atoms with Crippen LogP contribution in [0.15, 0.2) is 120 Å². The Balaban J connectivity index is 0.00000110. The molecule has 0 unspecified atom stereocenters.